The first kappa shape index (κ1) is 22.3. The first-order valence-corrected chi connectivity index (χ1v) is 10.7. The standard InChI is InChI=1S/C21H25N5O4S/c1-3-29-19(27)12-17-14-31-21(24-17)25-23-13-16-6-4-7-18(28-2)20(16)30-11-5-9-26-10-8-22-15-26/h4,6-8,10,13-15H,3,5,9,11-12H2,1-2H3,(H,24,25). The number of nitrogens with one attached hydrogen (secondary N) is 1. The van der Waals surface area contributed by atoms with Crippen molar-refractivity contribution in [3.05, 3.63) is 53.6 Å². The van der Waals surface area contributed by atoms with Crippen molar-refractivity contribution in [1.29, 1.82) is 0 Å². The number of carbonyl (C=O) groups is 1. The van der Waals surface area contributed by atoms with Gasteiger partial charge in [-0.1, -0.05) is 6.07 Å². The molecular weight excluding hydrogens is 418 g/mol. The predicted molar refractivity (Wildman–Crippen MR) is 119 cm³/mol. The Labute approximate surface area is 184 Å². The fourth-order valence-corrected chi connectivity index (χ4v) is 3.41. The topological polar surface area (TPSA) is 99.9 Å². The van der Waals surface area contributed by atoms with Crippen molar-refractivity contribution in [1.82, 2.24) is 14.5 Å². The summed E-state index contributed by atoms with van der Waals surface area (Å²) >= 11 is 1.37. The van der Waals surface area contributed by atoms with Gasteiger partial charge in [0.1, 0.15) is 0 Å². The number of hydrogen-bond donors (Lipinski definition) is 1. The number of carbonyl (C=O) groups excluding carboxylic acids is 1. The van der Waals surface area contributed by atoms with Crippen LogP contribution in [0.2, 0.25) is 0 Å². The highest BCUT2D eigenvalue weighted by molar-refractivity contribution is 7.13. The van der Waals surface area contributed by atoms with Crippen LogP contribution in [-0.2, 0) is 22.5 Å². The molecule has 0 saturated heterocycles. The Bertz CT molecular complexity index is 988. The fraction of sp³-hybridized carbons (Fsp3) is 0.333. The SMILES string of the molecule is CCOC(=O)Cc1csc(NN=Cc2cccc(OC)c2OCCCn2ccnc2)n1. The number of hydrogen-bond acceptors (Lipinski definition) is 9. The third kappa shape index (κ3) is 6.82. The Morgan fingerprint density at radius 3 is 3.06 bits per heavy atom. The van der Waals surface area contributed by atoms with E-state index in [-0.39, 0.29) is 12.4 Å². The number of imidazole rings is 1. The minimum absolute atomic E-state index is 0.142. The van der Waals surface area contributed by atoms with Crippen LogP contribution in [0, 0.1) is 0 Å². The van der Waals surface area contributed by atoms with Crippen molar-refractivity contribution in [2.75, 3.05) is 25.7 Å². The van der Waals surface area contributed by atoms with Gasteiger partial charge in [-0.2, -0.15) is 5.10 Å². The van der Waals surface area contributed by atoms with Crippen LogP contribution in [0.25, 0.3) is 0 Å². The smallest absolute Gasteiger partial charge is 0.311 e. The molecule has 0 amide bonds. The van der Waals surface area contributed by atoms with Gasteiger partial charge in [-0.25, -0.2) is 9.97 Å². The van der Waals surface area contributed by atoms with E-state index in [2.05, 4.69) is 20.5 Å². The van der Waals surface area contributed by atoms with Crippen LogP contribution in [0.1, 0.15) is 24.6 Å². The molecule has 3 rings (SSSR count). The first-order valence-electron chi connectivity index (χ1n) is 9.84. The second-order valence-corrected chi connectivity index (χ2v) is 7.24. The summed E-state index contributed by atoms with van der Waals surface area (Å²) in [6.45, 7) is 3.47. The molecule has 31 heavy (non-hydrogen) atoms. The van der Waals surface area contributed by atoms with Crippen molar-refractivity contribution < 1.29 is 19.0 Å². The van der Waals surface area contributed by atoms with Crippen molar-refractivity contribution in [2.24, 2.45) is 5.10 Å². The summed E-state index contributed by atoms with van der Waals surface area (Å²) in [5.41, 5.74) is 4.31. The van der Waals surface area contributed by atoms with Gasteiger partial charge in [-0.15, -0.1) is 11.3 Å². The molecule has 10 heteroatoms. The molecule has 0 atom stereocenters. The number of anilines is 1. The lowest BCUT2D eigenvalue weighted by Crippen LogP contribution is -2.07. The van der Waals surface area contributed by atoms with Gasteiger partial charge in [0.2, 0.25) is 5.13 Å². The Balaban J connectivity index is 1.58. The second-order valence-electron chi connectivity index (χ2n) is 6.38. The van der Waals surface area contributed by atoms with E-state index in [9.17, 15) is 4.79 Å². The van der Waals surface area contributed by atoms with E-state index in [1.165, 1.54) is 11.3 Å². The molecule has 2 aromatic heterocycles. The predicted octanol–water partition coefficient (Wildman–Crippen LogP) is 3.37. The summed E-state index contributed by atoms with van der Waals surface area (Å²) in [4.78, 5) is 19.9. The number of thiazole rings is 1. The number of esters is 1. The Morgan fingerprint density at radius 1 is 1.39 bits per heavy atom. The van der Waals surface area contributed by atoms with E-state index in [4.69, 9.17) is 14.2 Å². The summed E-state index contributed by atoms with van der Waals surface area (Å²) in [6.07, 6.45) is 8.08. The second kappa shape index (κ2) is 11.7. The number of hydrazone groups is 1. The minimum Gasteiger partial charge on any atom is -0.493 e. The van der Waals surface area contributed by atoms with E-state index in [1.807, 2.05) is 29.0 Å². The average molecular weight is 444 g/mol. The van der Waals surface area contributed by atoms with Gasteiger partial charge in [-0.3, -0.25) is 10.2 Å². The third-order valence-electron chi connectivity index (χ3n) is 4.14. The molecule has 0 spiro atoms. The molecule has 0 unspecified atom stereocenters. The number of rotatable bonds is 12. The fourth-order valence-electron chi connectivity index (χ4n) is 2.75. The maximum atomic E-state index is 11.6. The highest BCUT2D eigenvalue weighted by Crippen LogP contribution is 2.30. The molecule has 0 aliphatic carbocycles. The van der Waals surface area contributed by atoms with Gasteiger partial charge in [0.25, 0.3) is 0 Å². The molecule has 0 fully saturated rings. The summed E-state index contributed by atoms with van der Waals surface area (Å²) in [6, 6.07) is 5.62. The normalized spacial score (nSPS) is 10.9. The zero-order valence-electron chi connectivity index (χ0n) is 17.5. The van der Waals surface area contributed by atoms with Crippen LogP contribution in [0.4, 0.5) is 5.13 Å². The lowest BCUT2D eigenvalue weighted by molar-refractivity contribution is -0.142. The van der Waals surface area contributed by atoms with Crippen LogP contribution in [0.3, 0.4) is 0 Å². The highest BCUT2D eigenvalue weighted by atomic mass is 32.1. The van der Waals surface area contributed by atoms with Gasteiger partial charge in [-0.05, 0) is 25.5 Å². The maximum absolute atomic E-state index is 11.6. The van der Waals surface area contributed by atoms with Gasteiger partial charge >= 0.3 is 5.97 Å². The van der Waals surface area contributed by atoms with Crippen molar-refractivity contribution in [2.45, 2.75) is 26.3 Å². The molecule has 1 aromatic carbocycles. The Morgan fingerprint density at radius 2 is 2.29 bits per heavy atom. The first-order chi connectivity index (χ1) is 15.2. The van der Waals surface area contributed by atoms with Gasteiger partial charge in [0.05, 0.1) is 45.0 Å². The quantitative estimate of drug-likeness (QED) is 0.198. The largest absolute Gasteiger partial charge is 0.493 e. The van der Waals surface area contributed by atoms with Crippen LogP contribution in [-0.4, -0.2) is 47.0 Å². The number of aryl methyl sites for hydroxylation is 1. The third-order valence-corrected chi connectivity index (χ3v) is 4.94. The van der Waals surface area contributed by atoms with Gasteiger partial charge < -0.3 is 18.8 Å². The van der Waals surface area contributed by atoms with Gasteiger partial charge in [0, 0.05) is 29.9 Å². The lowest BCUT2D eigenvalue weighted by Gasteiger charge is -2.13. The molecule has 1 N–H and O–H groups in total. The van der Waals surface area contributed by atoms with Crippen molar-refractivity contribution >= 4 is 28.7 Å². The highest BCUT2D eigenvalue weighted by Gasteiger charge is 2.10. The van der Waals surface area contributed by atoms with Crippen LogP contribution < -0.4 is 14.9 Å². The number of nitrogens with zero attached hydrogens (tertiary/aromatic N) is 4. The number of ether oxygens (including phenoxy) is 3. The van der Waals surface area contributed by atoms with E-state index in [0.29, 0.717) is 35.5 Å². The maximum Gasteiger partial charge on any atom is 0.311 e. The molecule has 0 radical (unpaired) electrons. The van der Waals surface area contributed by atoms with Crippen LogP contribution in [0.5, 0.6) is 11.5 Å². The summed E-state index contributed by atoms with van der Waals surface area (Å²) in [5.74, 6) is 0.968. The summed E-state index contributed by atoms with van der Waals surface area (Å²) in [5, 5.41) is 6.64. The average Bonchev–Trinajstić information content (AvgIpc) is 3.44. The van der Waals surface area contributed by atoms with E-state index >= 15 is 0 Å². The van der Waals surface area contributed by atoms with Crippen LogP contribution >= 0.6 is 11.3 Å². The van der Waals surface area contributed by atoms with E-state index in [1.54, 1.807) is 38.2 Å². The molecule has 164 valence electrons. The summed E-state index contributed by atoms with van der Waals surface area (Å²) < 4.78 is 18.4. The van der Waals surface area contributed by atoms with E-state index in [0.717, 1.165) is 18.5 Å². The molecule has 3 aromatic rings. The summed E-state index contributed by atoms with van der Waals surface area (Å²) in [7, 11) is 1.60. The number of benzene rings is 1. The zero-order chi connectivity index (χ0) is 21.9. The van der Waals surface area contributed by atoms with Crippen molar-refractivity contribution in [3.63, 3.8) is 0 Å². The number of para-hydroxylation sites is 1. The van der Waals surface area contributed by atoms with E-state index < -0.39 is 0 Å². The number of aromatic nitrogens is 3. The zero-order valence-corrected chi connectivity index (χ0v) is 18.3. The molecule has 0 bridgehead atoms. The van der Waals surface area contributed by atoms with Crippen LogP contribution in [0.15, 0.2) is 47.4 Å². The monoisotopic (exact) mass is 443 g/mol. The number of methoxy groups -OCH3 is 1. The minimum atomic E-state index is -0.297. The lowest BCUT2D eigenvalue weighted by atomic mass is 10.2. The molecule has 2 heterocycles. The Hall–Kier alpha value is -3.40. The molecule has 0 saturated carbocycles. The molecule has 9 nitrogen and oxygen atoms in total. The van der Waals surface area contributed by atoms with Crippen molar-refractivity contribution in [3.8, 4) is 11.5 Å². The molecule has 0 aliphatic heterocycles. The Kier molecular flexibility index (Phi) is 8.41. The van der Waals surface area contributed by atoms with Gasteiger partial charge in [0.15, 0.2) is 11.5 Å². The molecular formula is C21H25N5O4S. The molecule has 0 aliphatic rings.